The Bertz CT molecular complexity index is 846. The monoisotopic (exact) mass is 485 g/mol. The highest BCUT2D eigenvalue weighted by molar-refractivity contribution is 5.30. The molecule has 2 saturated heterocycles. The van der Waals surface area contributed by atoms with E-state index >= 15 is 0 Å². The molecular formula is C28H39NO6. The zero-order valence-electron chi connectivity index (χ0n) is 20.7. The van der Waals surface area contributed by atoms with Gasteiger partial charge in [0.1, 0.15) is 12.4 Å². The van der Waals surface area contributed by atoms with Crippen LogP contribution in [0.25, 0.3) is 0 Å². The van der Waals surface area contributed by atoms with Gasteiger partial charge < -0.3 is 9.47 Å². The molecule has 2 spiro atoms. The quantitative estimate of drug-likeness (QED) is 0.555. The lowest BCUT2D eigenvalue weighted by Gasteiger charge is -2.60. The summed E-state index contributed by atoms with van der Waals surface area (Å²) in [6.07, 6.45) is 9.86. The zero-order valence-corrected chi connectivity index (χ0v) is 20.7. The molecule has 7 fully saturated rings. The van der Waals surface area contributed by atoms with Gasteiger partial charge in [0.2, 0.25) is 11.6 Å². The third kappa shape index (κ3) is 4.32. The summed E-state index contributed by atoms with van der Waals surface area (Å²) in [6.45, 7) is 5.27. The van der Waals surface area contributed by atoms with E-state index in [2.05, 4.69) is 29.2 Å². The Morgan fingerprint density at radius 2 is 1.54 bits per heavy atom. The fourth-order valence-corrected chi connectivity index (χ4v) is 8.01. The van der Waals surface area contributed by atoms with Gasteiger partial charge in [-0.05, 0) is 80.4 Å². The van der Waals surface area contributed by atoms with Gasteiger partial charge in [0.25, 0.3) is 0 Å². The maximum absolute atomic E-state index is 6.25. The Hall–Kier alpha value is -1.22. The van der Waals surface area contributed by atoms with Crippen molar-refractivity contribution in [3.8, 4) is 5.75 Å². The van der Waals surface area contributed by atoms with Crippen molar-refractivity contribution in [1.29, 1.82) is 0 Å². The van der Waals surface area contributed by atoms with Crippen molar-refractivity contribution in [2.24, 2.45) is 23.7 Å². The molecule has 1 aromatic rings. The molecule has 2 heterocycles. The fraction of sp³-hybridized carbons (Fsp3) is 0.786. The molecule has 5 aliphatic carbocycles. The summed E-state index contributed by atoms with van der Waals surface area (Å²) in [5.74, 6) is 2.31. The van der Waals surface area contributed by atoms with Gasteiger partial charge in [-0.25, -0.2) is 0 Å². The average molecular weight is 486 g/mol. The molecule has 0 unspecified atom stereocenters. The predicted octanol–water partition coefficient (Wildman–Crippen LogP) is 4.81. The smallest absolute Gasteiger partial charge is 0.239 e. The summed E-state index contributed by atoms with van der Waals surface area (Å²) in [7, 11) is 0. The van der Waals surface area contributed by atoms with Crippen molar-refractivity contribution in [2.75, 3.05) is 39.5 Å². The van der Waals surface area contributed by atoms with Crippen LogP contribution >= 0.6 is 0 Å². The largest absolute Gasteiger partial charge is 0.492 e. The third-order valence-corrected chi connectivity index (χ3v) is 9.72. The van der Waals surface area contributed by atoms with Crippen LogP contribution in [-0.2, 0) is 24.3 Å². The number of morpholine rings is 1. The van der Waals surface area contributed by atoms with Crippen molar-refractivity contribution >= 4 is 0 Å². The van der Waals surface area contributed by atoms with Gasteiger partial charge in [-0.2, -0.15) is 19.6 Å². The lowest BCUT2D eigenvalue weighted by Crippen LogP contribution is -2.64. The first-order valence-electron chi connectivity index (χ1n) is 14.0. The highest BCUT2D eigenvalue weighted by atomic mass is 17.4. The van der Waals surface area contributed by atoms with Crippen LogP contribution in [0.3, 0.4) is 0 Å². The lowest BCUT2D eigenvalue weighted by atomic mass is 9.53. The molecule has 8 rings (SSSR count). The van der Waals surface area contributed by atoms with E-state index in [1.807, 2.05) is 0 Å². The van der Waals surface area contributed by atoms with E-state index in [1.54, 1.807) is 0 Å². The SMILES string of the molecule is c1cc([C@H]2CCCC3(C2)OOC2(OO3)C3CC4CC(C3)CC2C4)ccc1OCCN1CCOCC1. The Morgan fingerprint density at radius 3 is 2.23 bits per heavy atom. The molecule has 7 heteroatoms. The van der Waals surface area contributed by atoms with E-state index in [9.17, 15) is 0 Å². The van der Waals surface area contributed by atoms with Gasteiger partial charge >= 0.3 is 0 Å². The molecule has 4 bridgehead atoms. The summed E-state index contributed by atoms with van der Waals surface area (Å²) < 4.78 is 11.4. The predicted molar refractivity (Wildman–Crippen MR) is 127 cm³/mol. The van der Waals surface area contributed by atoms with Crippen LogP contribution in [-0.4, -0.2) is 55.9 Å². The highest BCUT2D eigenvalue weighted by Crippen LogP contribution is 2.62. The molecule has 0 aromatic heterocycles. The maximum Gasteiger partial charge on any atom is 0.239 e. The normalized spacial score (nSPS) is 43.1. The van der Waals surface area contributed by atoms with Crippen LogP contribution in [0, 0.1) is 23.7 Å². The van der Waals surface area contributed by atoms with Gasteiger partial charge in [-0.15, -0.1) is 0 Å². The van der Waals surface area contributed by atoms with Crippen LogP contribution in [0.4, 0.5) is 0 Å². The molecule has 0 radical (unpaired) electrons. The van der Waals surface area contributed by atoms with Crippen LogP contribution in [0.5, 0.6) is 5.75 Å². The number of nitrogens with zero attached hydrogens (tertiary/aromatic N) is 1. The first kappa shape index (κ1) is 22.9. The Balaban J connectivity index is 0.950. The third-order valence-electron chi connectivity index (χ3n) is 9.72. The van der Waals surface area contributed by atoms with Crippen molar-refractivity contribution < 1.29 is 29.0 Å². The van der Waals surface area contributed by atoms with Crippen molar-refractivity contribution in [2.45, 2.75) is 75.3 Å². The van der Waals surface area contributed by atoms with E-state index in [1.165, 1.54) is 37.7 Å². The van der Waals surface area contributed by atoms with E-state index in [-0.39, 0.29) is 0 Å². The molecule has 35 heavy (non-hydrogen) atoms. The van der Waals surface area contributed by atoms with E-state index < -0.39 is 11.6 Å². The molecular weight excluding hydrogens is 446 g/mol. The van der Waals surface area contributed by atoms with E-state index in [4.69, 9.17) is 29.0 Å². The molecule has 1 aromatic carbocycles. The summed E-state index contributed by atoms with van der Waals surface area (Å²) in [4.78, 5) is 27.3. The van der Waals surface area contributed by atoms with Crippen molar-refractivity contribution in [3.63, 3.8) is 0 Å². The molecule has 0 N–H and O–H groups in total. The highest BCUT2D eigenvalue weighted by Gasteiger charge is 2.64. The second-order valence-corrected chi connectivity index (χ2v) is 11.9. The van der Waals surface area contributed by atoms with Gasteiger partial charge in [-0.1, -0.05) is 12.1 Å². The van der Waals surface area contributed by atoms with Crippen LogP contribution in [0.2, 0.25) is 0 Å². The second-order valence-electron chi connectivity index (χ2n) is 11.9. The Labute approximate surface area is 208 Å². The maximum atomic E-state index is 6.25. The minimum absolute atomic E-state index is 0.353. The summed E-state index contributed by atoms with van der Waals surface area (Å²) in [5, 5.41) is 0. The molecule has 7 aliphatic rings. The lowest BCUT2D eigenvalue weighted by molar-refractivity contribution is -0.680. The van der Waals surface area contributed by atoms with Gasteiger partial charge in [0, 0.05) is 44.3 Å². The molecule has 192 valence electrons. The number of hydrogen-bond acceptors (Lipinski definition) is 7. The Kier molecular flexibility index (Phi) is 6.07. The average Bonchev–Trinajstić information content (AvgIpc) is 2.89. The Morgan fingerprint density at radius 1 is 0.857 bits per heavy atom. The van der Waals surface area contributed by atoms with Crippen LogP contribution in [0.1, 0.15) is 69.3 Å². The molecule has 0 amide bonds. The van der Waals surface area contributed by atoms with E-state index in [0.717, 1.165) is 76.1 Å². The molecule has 2 aliphatic heterocycles. The van der Waals surface area contributed by atoms with Gasteiger partial charge in [0.05, 0.1) is 13.2 Å². The fourth-order valence-electron chi connectivity index (χ4n) is 8.01. The summed E-state index contributed by atoms with van der Waals surface area (Å²) in [6, 6.07) is 8.57. The van der Waals surface area contributed by atoms with E-state index in [0.29, 0.717) is 24.4 Å². The standard InChI is InChI=1S/C28H39NO6/c1-2-23(22-3-5-26(6-4-22)31-13-10-29-8-11-30-12-9-29)19-27(7-1)32-34-28(35-33-27)24-15-20-14-21(17-24)18-25(28)16-20/h3-6,20-21,23-25H,1-2,7-19H2/t20?,21?,23-,24?,25?,27?,28?/m0/s1. The first-order valence-corrected chi connectivity index (χ1v) is 14.0. The number of hydrogen-bond donors (Lipinski definition) is 0. The summed E-state index contributed by atoms with van der Waals surface area (Å²) >= 11 is 0. The number of rotatable bonds is 5. The van der Waals surface area contributed by atoms with Gasteiger partial charge in [-0.3, -0.25) is 4.90 Å². The first-order chi connectivity index (χ1) is 17.2. The topological polar surface area (TPSA) is 58.6 Å². The van der Waals surface area contributed by atoms with Gasteiger partial charge in [0.15, 0.2) is 0 Å². The van der Waals surface area contributed by atoms with Crippen molar-refractivity contribution in [3.05, 3.63) is 29.8 Å². The molecule has 7 nitrogen and oxygen atoms in total. The second kappa shape index (κ2) is 9.26. The van der Waals surface area contributed by atoms with Crippen LogP contribution in [0.15, 0.2) is 24.3 Å². The number of ether oxygens (including phenoxy) is 2. The van der Waals surface area contributed by atoms with Crippen LogP contribution < -0.4 is 4.74 Å². The molecule has 5 saturated carbocycles. The zero-order chi connectivity index (χ0) is 23.3. The molecule has 1 atom stereocenters. The van der Waals surface area contributed by atoms with Crippen molar-refractivity contribution in [1.82, 2.24) is 4.90 Å². The minimum atomic E-state index is -0.795. The summed E-state index contributed by atoms with van der Waals surface area (Å²) in [5.41, 5.74) is 1.30. The minimum Gasteiger partial charge on any atom is -0.492 e. The number of benzene rings is 1.